The first kappa shape index (κ1) is 26.4. The topological polar surface area (TPSA) is 124 Å². The van der Waals surface area contributed by atoms with Gasteiger partial charge in [0, 0.05) is 5.70 Å². The summed E-state index contributed by atoms with van der Waals surface area (Å²) >= 11 is 1.10. The van der Waals surface area contributed by atoms with Gasteiger partial charge in [0.2, 0.25) is 5.91 Å². The number of ether oxygens (including phenoxy) is 3. The van der Waals surface area contributed by atoms with Crippen molar-refractivity contribution in [2.75, 3.05) is 19.5 Å². The highest BCUT2D eigenvalue weighted by atomic mass is 32.2. The molecule has 0 unspecified atom stereocenters. The van der Waals surface area contributed by atoms with Crippen LogP contribution in [0.1, 0.15) is 24.0 Å². The van der Waals surface area contributed by atoms with E-state index in [-0.39, 0.29) is 23.5 Å². The number of nitrogens with zero attached hydrogens (tertiary/aromatic N) is 1. The molecule has 0 bridgehead atoms. The first-order valence-corrected chi connectivity index (χ1v) is 12.0. The number of nitrogens with one attached hydrogen (secondary N) is 1. The first-order valence-electron chi connectivity index (χ1n) is 11.0. The molecule has 1 aliphatic rings. The number of benzene rings is 2. The van der Waals surface area contributed by atoms with Gasteiger partial charge in [-0.05, 0) is 30.2 Å². The fourth-order valence-electron chi connectivity index (χ4n) is 3.70. The average molecular weight is 506 g/mol. The summed E-state index contributed by atoms with van der Waals surface area (Å²) in [5.41, 5.74) is 7.98. The molecule has 3 rings (SSSR count). The van der Waals surface area contributed by atoms with Crippen molar-refractivity contribution in [3.8, 4) is 17.6 Å². The van der Waals surface area contributed by atoms with Crippen molar-refractivity contribution in [1.29, 1.82) is 5.26 Å². The monoisotopic (exact) mass is 505 g/mol. The molecule has 186 valence electrons. The molecule has 1 heterocycles. The van der Waals surface area contributed by atoms with Crippen molar-refractivity contribution in [3.05, 3.63) is 94.2 Å². The minimum atomic E-state index is -0.763. The summed E-state index contributed by atoms with van der Waals surface area (Å²) in [6, 6.07) is 17.2. The van der Waals surface area contributed by atoms with E-state index in [1.54, 1.807) is 25.1 Å². The van der Waals surface area contributed by atoms with E-state index in [4.69, 9.17) is 19.9 Å². The van der Waals surface area contributed by atoms with Crippen molar-refractivity contribution in [1.82, 2.24) is 5.32 Å². The molecule has 0 spiro atoms. The highest BCUT2D eigenvalue weighted by molar-refractivity contribution is 8.03. The molecule has 2 aromatic rings. The minimum absolute atomic E-state index is 0.0206. The average Bonchev–Trinajstić information content (AvgIpc) is 2.89. The molecular weight excluding hydrogens is 478 g/mol. The number of hydrogen-bond acceptors (Lipinski definition) is 8. The summed E-state index contributed by atoms with van der Waals surface area (Å²) < 4.78 is 16.9. The first-order chi connectivity index (χ1) is 17.4. The molecule has 0 aromatic heterocycles. The number of primary amides is 1. The van der Waals surface area contributed by atoms with E-state index in [0.717, 1.165) is 17.3 Å². The van der Waals surface area contributed by atoms with Gasteiger partial charge in [0.15, 0.2) is 11.5 Å². The van der Waals surface area contributed by atoms with Crippen LogP contribution < -0.4 is 20.5 Å². The van der Waals surface area contributed by atoms with Crippen LogP contribution in [-0.2, 0) is 20.9 Å². The van der Waals surface area contributed by atoms with Crippen LogP contribution in [0.25, 0.3) is 0 Å². The number of rotatable bonds is 11. The van der Waals surface area contributed by atoms with E-state index in [1.807, 2.05) is 30.3 Å². The largest absolute Gasteiger partial charge is 0.493 e. The number of allylic oxidation sites excluding steroid dienone is 2. The van der Waals surface area contributed by atoms with Gasteiger partial charge in [-0.25, -0.2) is 4.79 Å². The molecular formula is C27H27N3O5S. The van der Waals surface area contributed by atoms with Crippen LogP contribution in [0.5, 0.6) is 11.5 Å². The zero-order chi connectivity index (χ0) is 26.1. The maximum absolute atomic E-state index is 13.0. The number of hydrogen-bond donors (Lipinski definition) is 2. The lowest BCUT2D eigenvalue weighted by Gasteiger charge is -2.29. The second-order valence-corrected chi connectivity index (χ2v) is 8.76. The van der Waals surface area contributed by atoms with Gasteiger partial charge in [-0.1, -0.05) is 60.8 Å². The van der Waals surface area contributed by atoms with Crippen LogP contribution in [0.3, 0.4) is 0 Å². The Morgan fingerprint density at radius 2 is 1.97 bits per heavy atom. The highest BCUT2D eigenvalue weighted by Crippen LogP contribution is 2.43. The highest BCUT2D eigenvalue weighted by Gasteiger charge is 2.36. The van der Waals surface area contributed by atoms with E-state index in [1.165, 1.54) is 13.2 Å². The lowest BCUT2D eigenvalue weighted by molar-refractivity contribution is -0.138. The molecule has 8 nitrogen and oxygen atoms in total. The Hall–Kier alpha value is -4.16. The molecule has 0 saturated heterocycles. The van der Waals surface area contributed by atoms with Crippen LogP contribution in [0, 0.1) is 11.3 Å². The molecule has 1 atom stereocenters. The van der Waals surface area contributed by atoms with Crippen molar-refractivity contribution in [2.45, 2.75) is 19.4 Å². The fourth-order valence-corrected chi connectivity index (χ4v) is 4.54. The van der Waals surface area contributed by atoms with Crippen molar-refractivity contribution in [3.63, 3.8) is 0 Å². The van der Waals surface area contributed by atoms with Crippen LogP contribution >= 0.6 is 11.8 Å². The lowest BCUT2D eigenvalue weighted by atomic mass is 9.82. The van der Waals surface area contributed by atoms with Gasteiger partial charge in [0.1, 0.15) is 13.2 Å². The van der Waals surface area contributed by atoms with Gasteiger partial charge in [0.05, 0.1) is 41.0 Å². The number of nitriles is 1. The summed E-state index contributed by atoms with van der Waals surface area (Å²) in [4.78, 5) is 24.4. The third kappa shape index (κ3) is 6.29. The van der Waals surface area contributed by atoms with Crippen molar-refractivity contribution >= 4 is 23.6 Å². The number of dihydropyridines is 1. The number of esters is 1. The van der Waals surface area contributed by atoms with Crippen molar-refractivity contribution < 1.29 is 23.8 Å². The summed E-state index contributed by atoms with van der Waals surface area (Å²) in [6.45, 7) is 5.66. The summed E-state index contributed by atoms with van der Waals surface area (Å²) in [5, 5.41) is 13.6. The molecule has 1 aliphatic heterocycles. The van der Waals surface area contributed by atoms with Crippen molar-refractivity contribution in [2.24, 2.45) is 5.73 Å². The predicted octanol–water partition coefficient (Wildman–Crippen LogP) is 3.92. The molecule has 0 saturated carbocycles. The zero-order valence-corrected chi connectivity index (χ0v) is 20.9. The Balaban J connectivity index is 2.03. The molecule has 0 fully saturated rings. The SMILES string of the molecule is C=CCOC(=O)C1=C(C)NC(SCC(N)=O)=C(C#N)[C@@H]1c1ccc(OCc2ccccc2)c(OC)c1. The fraction of sp³-hybridized carbons (Fsp3) is 0.222. The van der Waals surface area contributed by atoms with Gasteiger partial charge in [-0.15, -0.1) is 0 Å². The number of carbonyl (C=O) groups is 2. The van der Waals surface area contributed by atoms with Crippen LogP contribution in [0.2, 0.25) is 0 Å². The van der Waals surface area contributed by atoms with E-state index < -0.39 is 17.8 Å². The predicted molar refractivity (Wildman–Crippen MR) is 138 cm³/mol. The van der Waals surface area contributed by atoms with Crippen LogP contribution in [-0.4, -0.2) is 31.3 Å². The Bertz CT molecular complexity index is 1250. The summed E-state index contributed by atoms with van der Waals surface area (Å²) in [7, 11) is 1.52. The molecule has 3 N–H and O–H groups in total. The number of carbonyl (C=O) groups excluding carboxylic acids is 2. The van der Waals surface area contributed by atoms with Crippen LogP contribution in [0.15, 0.2) is 83.1 Å². The number of thioether (sulfide) groups is 1. The quantitative estimate of drug-likeness (QED) is 0.348. The van der Waals surface area contributed by atoms with Gasteiger partial charge in [-0.2, -0.15) is 5.26 Å². The van der Waals surface area contributed by atoms with E-state index in [9.17, 15) is 14.9 Å². The third-order valence-electron chi connectivity index (χ3n) is 5.32. The summed E-state index contributed by atoms with van der Waals surface area (Å²) in [6.07, 6.45) is 1.47. The second-order valence-electron chi connectivity index (χ2n) is 7.78. The third-order valence-corrected chi connectivity index (χ3v) is 6.36. The van der Waals surface area contributed by atoms with Gasteiger partial charge in [0.25, 0.3) is 0 Å². The van der Waals surface area contributed by atoms with Gasteiger partial charge in [-0.3, -0.25) is 4.79 Å². The van der Waals surface area contributed by atoms with E-state index >= 15 is 0 Å². The normalized spacial score (nSPS) is 15.0. The number of nitrogens with two attached hydrogens (primary N) is 1. The van der Waals surface area contributed by atoms with Gasteiger partial charge >= 0.3 is 5.97 Å². The molecule has 2 aromatic carbocycles. The molecule has 0 radical (unpaired) electrons. The van der Waals surface area contributed by atoms with E-state index in [0.29, 0.717) is 34.4 Å². The molecule has 9 heteroatoms. The lowest BCUT2D eigenvalue weighted by Crippen LogP contribution is -2.29. The summed E-state index contributed by atoms with van der Waals surface area (Å²) in [5.74, 6) is -0.939. The maximum atomic E-state index is 13.0. The Kier molecular flexibility index (Phi) is 9.19. The Morgan fingerprint density at radius 1 is 1.22 bits per heavy atom. The minimum Gasteiger partial charge on any atom is -0.493 e. The maximum Gasteiger partial charge on any atom is 0.337 e. The Morgan fingerprint density at radius 3 is 2.61 bits per heavy atom. The molecule has 1 amide bonds. The number of methoxy groups -OCH3 is 1. The second kappa shape index (κ2) is 12.5. The molecule has 0 aliphatic carbocycles. The van der Waals surface area contributed by atoms with E-state index in [2.05, 4.69) is 18.0 Å². The standard InChI is InChI=1S/C27H27N3O5S/c1-4-12-34-27(32)24-17(2)30-26(36-16-23(29)31)20(14-28)25(24)19-10-11-21(22(13-19)33-3)35-15-18-8-6-5-7-9-18/h4-11,13,25,30H,1,12,15-16H2,2-3H3,(H2,29,31)/t25-/m0/s1. The van der Waals surface area contributed by atoms with Gasteiger partial charge < -0.3 is 25.3 Å². The smallest absolute Gasteiger partial charge is 0.337 e. The van der Waals surface area contributed by atoms with Crippen LogP contribution in [0.4, 0.5) is 0 Å². The zero-order valence-electron chi connectivity index (χ0n) is 20.1. The Labute approximate surface area is 214 Å². The number of amides is 1. The molecule has 36 heavy (non-hydrogen) atoms.